The summed E-state index contributed by atoms with van der Waals surface area (Å²) in [7, 11) is 0. The molecule has 0 bridgehead atoms. The Morgan fingerprint density at radius 1 is 0.919 bits per heavy atom. The van der Waals surface area contributed by atoms with Crippen LogP contribution in [0.2, 0.25) is 0 Å². The number of Topliss-reactive ketones (excluding diaryl/α,β-unsaturated/α-hetero) is 1. The van der Waals surface area contributed by atoms with Crippen molar-refractivity contribution in [3.63, 3.8) is 0 Å². The molecule has 8 nitrogen and oxygen atoms in total. The molecule has 37 heavy (non-hydrogen) atoms. The number of aromatic nitrogens is 3. The summed E-state index contributed by atoms with van der Waals surface area (Å²) >= 11 is 0. The van der Waals surface area contributed by atoms with Crippen LogP contribution in [0.3, 0.4) is 0 Å². The van der Waals surface area contributed by atoms with E-state index in [0.717, 1.165) is 29.7 Å². The van der Waals surface area contributed by atoms with Crippen molar-refractivity contribution in [2.75, 3.05) is 6.54 Å². The predicted molar refractivity (Wildman–Crippen MR) is 139 cm³/mol. The first-order valence-electron chi connectivity index (χ1n) is 12.3. The van der Waals surface area contributed by atoms with Crippen molar-refractivity contribution < 1.29 is 14.4 Å². The van der Waals surface area contributed by atoms with Gasteiger partial charge in [0.2, 0.25) is 5.78 Å². The molecule has 1 unspecified atom stereocenters. The average Bonchev–Trinajstić information content (AvgIpc) is 3.65. The molecule has 0 spiro atoms. The fourth-order valence-corrected chi connectivity index (χ4v) is 4.06. The number of rotatable bonds is 10. The monoisotopic (exact) mass is 493 g/mol. The number of hydrogen-bond donors (Lipinski definition) is 2. The van der Waals surface area contributed by atoms with E-state index in [1.54, 1.807) is 24.5 Å². The molecular formula is C29H27N5O3. The molecule has 4 aromatic rings. The number of nitrogens with zero attached hydrogens (tertiary/aromatic N) is 3. The van der Waals surface area contributed by atoms with Gasteiger partial charge in [0, 0.05) is 30.9 Å². The number of hydrogen-bond acceptors (Lipinski definition) is 5. The van der Waals surface area contributed by atoms with Crippen LogP contribution in [0.4, 0.5) is 0 Å². The summed E-state index contributed by atoms with van der Waals surface area (Å²) in [5.74, 6) is -1.10. The highest BCUT2D eigenvalue weighted by molar-refractivity contribution is 6.38. The van der Waals surface area contributed by atoms with Crippen LogP contribution in [0.25, 0.3) is 17.1 Å². The Morgan fingerprint density at radius 2 is 1.65 bits per heavy atom. The molecule has 1 atom stereocenters. The van der Waals surface area contributed by atoms with Gasteiger partial charge < -0.3 is 10.6 Å². The van der Waals surface area contributed by atoms with Gasteiger partial charge in [-0.25, -0.2) is 9.67 Å². The van der Waals surface area contributed by atoms with E-state index in [0.29, 0.717) is 18.3 Å². The van der Waals surface area contributed by atoms with Gasteiger partial charge in [0.1, 0.15) is 6.04 Å². The van der Waals surface area contributed by atoms with Crippen LogP contribution in [-0.4, -0.2) is 44.9 Å². The normalized spacial score (nSPS) is 13.5. The molecule has 1 saturated carbocycles. The minimum atomic E-state index is -1.03. The van der Waals surface area contributed by atoms with Gasteiger partial charge in [-0.15, -0.1) is 0 Å². The molecular weight excluding hydrogens is 466 g/mol. The first-order chi connectivity index (χ1) is 18.1. The second kappa shape index (κ2) is 11.0. The van der Waals surface area contributed by atoms with Crippen LogP contribution in [0.5, 0.6) is 0 Å². The average molecular weight is 494 g/mol. The lowest BCUT2D eigenvalue weighted by Gasteiger charge is -2.18. The molecule has 2 aromatic carbocycles. The molecule has 2 amide bonds. The molecule has 0 saturated heterocycles. The van der Waals surface area contributed by atoms with Crippen LogP contribution < -0.4 is 10.6 Å². The maximum Gasteiger partial charge on any atom is 0.289 e. The molecule has 2 N–H and O–H groups in total. The van der Waals surface area contributed by atoms with E-state index in [-0.39, 0.29) is 12.0 Å². The van der Waals surface area contributed by atoms with E-state index in [9.17, 15) is 14.4 Å². The smallest absolute Gasteiger partial charge is 0.289 e. The van der Waals surface area contributed by atoms with Gasteiger partial charge in [-0.1, -0.05) is 60.7 Å². The Bertz CT molecular complexity index is 1400. The number of carbonyl (C=O) groups excluding carboxylic acids is 3. The third kappa shape index (κ3) is 5.98. The van der Waals surface area contributed by atoms with Crippen molar-refractivity contribution in [1.29, 1.82) is 0 Å². The van der Waals surface area contributed by atoms with Gasteiger partial charge in [0.25, 0.3) is 11.8 Å². The molecule has 1 aliphatic rings. The summed E-state index contributed by atoms with van der Waals surface area (Å²) in [4.78, 5) is 43.5. The topological polar surface area (TPSA) is 106 Å². The molecule has 2 heterocycles. The zero-order valence-electron chi connectivity index (χ0n) is 20.2. The van der Waals surface area contributed by atoms with Gasteiger partial charge in [-0.3, -0.25) is 14.4 Å². The third-order valence-electron chi connectivity index (χ3n) is 6.28. The van der Waals surface area contributed by atoms with Crippen LogP contribution in [0.1, 0.15) is 28.8 Å². The summed E-state index contributed by atoms with van der Waals surface area (Å²) in [5.41, 5.74) is 2.76. The second-order valence-electron chi connectivity index (χ2n) is 9.12. The lowest BCUT2D eigenvalue weighted by atomic mass is 10.0. The molecule has 8 heteroatoms. The lowest BCUT2D eigenvalue weighted by molar-refractivity contribution is -0.139. The summed E-state index contributed by atoms with van der Waals surface area (Å²) < 4.78 is 1.54. The van der Waals surface area contributed by atoms with Gasteiger partial charge >= 0.3 is 0 Å². The third-order valence-corrected chi connectivity index (χ3v) is 6.28. The van der Waals surface area contributed by atoms with E-state index >= 15 is 0 Å². The Kier molecular flexibility index (Phi) is 7.16. The molecule has 2 aromatic heterocycles. The first-order valence-corrected chi connectivity index (χ1v) is 12.3. The minimum Gasteiger partial charge on any atom is -0.349 e. The van der Waals surface area contributed by atoms with Crippen molar-refractivity contribution in [2.24, 2.45) is 5.92 Å². The summed E-state index contributed by atoms with van der Waals surface area (Å²) in [6.45, 7) is 0.479. The van der Waals surface area contributed by atoms with Crippen molar-refractivity contribution in [3.8, 4) is 17.1 Å². The zero-order chi connectivity index (χ0) is 25.6. The maximum absolute atomic E-state index is 13.4. The van der Waals surface area contributed by atoms with Gasteiger partial charge in [0.05, 0.1) is 11.3 Å². The zero-order valence-corrected chi connectivity index (χ0v) is 20.2. The number of nitrogens with one attached hydrogen (secondary N) is 2. The van der Waals surface area contributed by atoms with Gasteiger partial charge in [0.15, 0.2) is 5.82 Å². The summed E-state index contributed by atoms with van der Waals surface area (Å²) in [6.07, 6.45) is 5.62. The van der Waals surface area contributed by atoms with E-state index in [1.165, 1.54) is 4.68 Å². The Labute approximate surface area is 214 Å². The number of ketones is 1. The van der Waals surface area contributed by atoms with Gasteiger partial charge in [-0.05, 0) is 42.5 Å². The standard InChI is InChI=1S/C29H27N5O3/c35-26(29(37)31-19-21-13-14-21)25(18-20-8-3-1-4-9-20)32-28(36)23-12-7-16-30-27(23)34-17-15-24(33-34)22-10-5-2-6-11-22/h1-12,15-17,21,25H,13-14,18-19H2,(H,31,37)(H,32,36). The quantitative estimate of drug-likeness (QED) is 0.330. The molecule has 186 valence electrons. The van der Waals surface area contributed by atoms with E-state index in [1.807, 2.05) is 66.7 Å². The summed E-state index contributed by atoms with van der Waals surface area (Å²) in [5, 5.41) is 10.1. The number of amides is 2. The van der Waals surface area contributed by atoms with Crippen LogP contribution >= 0.6 is 0 Å². The first kappa shape index (κ1) is 24.1. The Morgan fingerprint density at radius 3 is 2.38 bits per heavy atom. The second-order valence-corrected chi connectivity index (χ2v) is 9.12. The summed E-state index contributed by atoms with van der Waals surface area (Å²) in [6, 6.07) is 23.1. The molecule has 0 radical (unpaired) electrons. The van der Waals surface area contributed by atoms with Crippen molar-refractivity contribution in [2.45, 2.75) is 25.3 Å². The predicted octanol–water partition coefficient (Wildman–Crippen LogP) is 3.37. The highest BCUT2D eigenvalue weighted by atomic mass is 16.2. The van der Waals surface area contributed by atoms with E-state index < -0.39 is 23.6 Å². The van der Waals surface area contributed by atoms with E-state index in [2.05, 4.69) is 20.7 Å². The lowest BCUT2D eigenvalue weighted by Crippen LogP contribution is -2.49. The van der Waals surface area contributed by atoms with Crippen LogP contribution in [-0.2, 0) is 16.0 Å². The van der Waals surface area contributed by atoms with Crippen molar-refractivity contribution in [1.82, 2.24) is 25.4 Å². The number of carbonyl (C=O) groups is 3. The molecule has 5 rings (SSSR count). The maximum atomic E-state index is 13.4. The van der Waals surface area contributed by atoms with Gasteiger partial charge in [-0.2, -0.15) is 5.10 Å². The van der Waals surface area contributed by atoms with E-state index in [4.69, 9.17) is 0 Å². The Hall–Kier alpha value is -4.59. The molecule has 0 aliphatic heterocycles. The fraction of sp³-hybridized carbons (Fsp3) is 0.207. The minimum absolute atomic E-state index is 0.192. The Balaban J connectivity index is 1.38. The molecule has 1 fully saturated rings. The van der Waals surface area contributed by atoms with Crippen molar-refractivity contribution >= 4 is 17.6 Å². The number of benzene rings is 2. The highest BCUT2D eigenvalue weighted by Gasteiger charge is 2.30. The fourth-order valence-electron chi connectivity index (χ4n) is 4.06. The molecule has 1 aliphatic carbocycles. The number of pyridine rings is 1. The van der Waals surface area contributed by atoms with Crippen LogP contribution in [0, 0.1) is 5.92 Å². The van der Waals surface area contributed by atoms with Crippen molar-refractivity contribution in [3.05, 3.63) is 102 Å². The van der Waals surface area contributed by atoms with Crippen LogP contribution in [0.15, 0.2) is 91.3 Å². The highest BCUT2D eigenvalue weighted by Crippen LogP contribution is 2.27. The SMILES string of the molecule is O=C(NCC1CC1)C(=O)C(Cc1ccccc1)NC(=O)c1cccnc1-n1ccc(-c2ccccc2)n1. The largest absolute Gasteiger partial charge is 0.349 e.